The van der Waals surface area contributed by atoms with Gasteiger partial charge in [0.1, 0.15) is 11.0 Å². The summed E-state index contributed by atoms with van der Waals surface area (Å²) < 4.78 is 10.5. The van der Waals surface area contributed by atoms with Gasteiger partial charge in [0.15, 0.2) is 6.23 Å². The monoisotopic (exact) mass is 275 g/mol. The number of esters is 1. The lowest BCUT2D eigenvalue weighted by atomic mass is 10.1. The Labute approximate surface area is 116 Å². The maximum Gasteiger partial charge on any atom is 0.340 e. The van der Waals surface area contributed by atoms with Crippen LogP contribution in [0.25, 0.3) is 11.0 Å². The SMILES string of the molecule is COC(=O)c1c(C)ccc2nn(C3CCCCO3)nc12. The quantitative estimate of drug-likeness (QED) is 0.786. The summed E-state index contributed by atoms with van der Waals surface area (Å²) in [5.41, 5.74) is 2.57. The molecule has 1 unspecified atom stereocenters. The lowest BCUT2D eigenvalue weighted by molar-refractivity contribution is -0.0474. The van der Waals surface area contributed by atoms with Gasteiger partial charge in [0.05, 0.1) is 12.7 Å². The van der Waals surface area contributed by atoms with Crippen molar-refractivity contribution in [2.24, 2.45) is 0 Å². The first-order chi connectivity index (χ1) is 9.70. The lowest BCUT2D eigenvalue weighted by Crippen LogP contribution is -2.20. The van der Waals surface area contributed by atoms with E-state index in [1.807, 2.05) is 19.1 Å². The molecule has 20 heavy (non-hydrogen) atoms. The molecule has 1 aliphatic rings. The molecule has 1 fully saturated rings. The largest absolute Gasteiger partial charge is 0.465 e. The first-order valence-electron chi connectivity index (χ1n) is 6.77. The lowest BCUT2D eigenvalue weighted by Gasteiger charge is -2.21. The minimum Gasteiger partial charge on any atom is -0.465 e. The van der Waals surface area contributed by atoms with E-state index < -0.39 is 0 Å². The molecular weight excluding hydrogens is 258 g/mol. The van der Waals surface area contributed by atoms with Crippen LogP contribution >= 0.6 is 0 Å². The fraction of sp³-hybridized carbons (Fsp3) is 0.500. The van der Waals surface area contributed by atoms with Gasteiger partial charge in [-0.05, 0) is 37.8 Å². The third kappa shape index (κ3) is 2.16. The minimum absolute atomic E-state index is 0.137. The summed E-state index contributed by atoms with van der Waals surface area (Å²) in [5, 5.41) is 8.87. The van der Waals surface area contributed by atoms with E-state index in [1.54, 1.807) is 4.80 Å². The second-order valence-corrected chi connectivity index (χ2v) is 4.96. The number of benzene rings is 1. The maximum absolute atomic E-state index is 11.9. The van der Waals surface area contributed by atoms with Gasteiger partial charge in [-0.1, -0.05) is 6.07 Å². The van der Waals surface area contributed by atoms with E-state index in [0.717, 1.165) is 31.4 Å². The zero-order valence-corrected chi connectivity index (χ0v) is 11.6. The van der Waals surface area contributed by atoms with Crippen molar-refractivity contribution in [1.82, 2.24) is 15.0 Å². The van der Waals surface area contributed by atoms with E-state index >= 15 is 0 Å². The molecule has 106 valence electrons. The second-order valence-electron chi connectivity index (χ2n) is 4.96. The van der Waals surface area contributed by atoms with Crippen LogP contribution in [0.1, 0.15) is 41.4 Å². The van der Waals surface area contributed by atoms with Crippen molar-refractivity contribution in [3.8, 4) is 0 Å². The van der Waals surface area contributed by atoms with Crippen LogP contribution in [0.15, 0.2) is 12.1 Å². The summed E-state index contributed by atoms with van der Waals surface area (Å²) in [5.74, 6) is -0.385. The highest BCUT2D eigenvalue weighted by Crippen LogP contribution is 2.25. The number of hydrogen-bond acceptors (Lipinski definition) is 5. The molecule has 6 nitrogen and oxygen atoms in total. The van der Waals surface area contributed by atoms with Gasteiger partial charge in [-0.25, -0.2) is 4.79 Å². The third-order valence-electron chi connectivity index (χ3n) is 3.58. The topological polar surface area (TPSA) is 66.2 Å². The Morgan fingerprint density at radius 3 is 2.95 bits per heavy atom. The highest BCUT2D eigenvalue weighted by molar-refractivity contribution is 6.03. The van der Waals surface area contributed by atoms with Crippen molar-refractivity contribution in [1.29, 1.82) is 0 Å². The molecule has 1 saturated heterocycles. The van der Waals surface area contributed by atoms with Crippen LogP contribution in [-0.2, 0) is 9.47 Å². The van der Waals surface area contributed by atoms with Crippen molar-refractivity contribution in [3.05, 3.63) is 23.3 Å². The van der Waals surface area contributed by atoms with Crippen LogP contribution in [0, 0.1) is 6.92 Å². The molecular formula is C14H17N3O3. The molecule has 0 N–H and O–H groups in total. The van der Waals surface area contributed by atoms with E-state index in [1.165, 1.54) is 7.11 Å². The number of fused-ring (bicyclic) bond motifs is 1. The predicted molar refractivity (Wildman–Crippen MR) is 72.4 cm³/mol. The number of carbonyl (C=O) groups is 1. The number of hydrogen-bond donors (Lipinski definition) is 0. The number of rotatable bonds is 2. The molecule has 0 saturated carbocycles. The fourth-order valence-corrected chi connectivity index (χ4v) is 2.49. The smallest absolute Gasteiger partial charge is 0.340 e. The number of nitrogens with zero attached hydrogens (tertiary/aromatic N) is 3. The standard InChI is InChI=1S/C14H17N3O3/c1-9-6-7-10-13(12(9)14(18)19-2)16-17(15-10)11-5-3-4-8-20-11/h6-7,11H,3-5,8H2,1-2H3. The molecule has 1 aromatic carbocycles. The summed E-state index contributed by atoms with van der Waals surface area (Å²) >= 11 is 0. The Kier molecular flexibility index (Phi) is 3.40. The number of aryl methyl sites for hydroxylation is 1. The molecule has 0 spiro atoms. The number of carbonyl (C=O) groups excluding carboxylic acids is 1. The van der Waals surface area contributed by atoms with Gasteiger partial charge in [0.25, 0.3) is 0 Å². The van der Waals surface area contributed by atoms with Crippen molar-refractivity contribution in [2.75, 3.05) is 13.7 Å². The predicted octanol–water partition coefficient (Wildman–Crippen LogP) is 2.23. The Balaban J connectivity index is 2.08. The molecule has 6 heteroatoms. The van der Waals surface area contributed by atoms with Crippen molar-refractivity contribution < 1.29 is 14.3 Å². The normalized spacial score (nSPS) is 19.2. The number of aromatic nitrogens is 3. The zero-order chi connectivity index (χ0) is 14.1. The summed E-state index contributed by atoms with van der Waals surface area (Å²) in [7, 11) is 1.37. The molecule has 0 bridgehead atoms. The molecule has 3 rings (SSSR count). The third-order valence-corrected chi connectivity index (χ3v) is 3.58. The van der Waals surface area contributed by atoms with E-state index in [2.05, 4.69) is 10.2 Å². The fourth-order valence-electron chi connectivity index (χ4n) is 2.49. The summed E-state index contributed by atoms with van der Waals surface area (Å²) in [4.78, 5) is 13.5. The summed E-state index contributed by atoms with van der Waals surface area (Å²) in [6.45, 7) is 2.59. The Bertz CT molecular complexity index is 644. The van der Waals surface area contributed by atoms with Gasteiger partial charge < -0.3 is 9.47 Å². The molecule has 1 aromatic heterocycles. The molecule has 2 aromatic rings. The maximum atomic E-state index is 11.9. The highest BCUT2D eigenvalue weighted by atomic mass is 16.5. The molecule has 0 aliphatic carbocycles. The second kappa shape index (κ2) is 5.20. The van der Waals surface area contributed by atoms with Gasteiger partial charge >= 0.3 is 5.97 Å². The van der Waals surface area contributed by atoms with Crippen molar-refractivity contribution >= 4 is 17.0 Å². The average Bonchev–Trinajstić information content (AvgIpc) is 2.91. The first kappa shape index (κ1) is 13.1. The summed E-state index contributed by atoms with van der Waals surface area (Å²) in [6, 6.07) is 3.72. The van der Waals surface area contributed by atoms with E-state index in [-0.39, 0.29) is 12.2 Å². The van der Waals surface area contributed by atoms with Gasteiger partial charge in [0.2, 0.25) is 0 Å². The molecule has 0 amide bonds. The highest BCUT2D eigenvalue weighted by Gasteiger charge is 2.22. The van der Waals surface area contributed by atoms with Crippen LogP contribution in [-0.4, -0.2) is 34.7 Å². The molecule has 2 heterocycles. The van der Waals surface area contributed by atoms with E-state index in [0.29, 0.717) is 16.6 Å². The summed E-state index contributed by atoms with van der Waals surface area (Å²) in [6.07, 6.45) is 2.94. The number of methoxy groups -OCH3 is 1. The molecule has 1 aliphatic heterocycles. The van der Waals surface area contributed by atoms with Crippen LogP contribution in [0.2, 0.25) is 0 Å². The van der Waals surface area contributed by atoms with E-state index in [9.17, 15) is 4.79 Å². The van der Waals surface area contributed by atoms with E-state index in [4.69, 9.17) is 9.47 Å². The molecule has 0 radical (unpaired) electrons. The van der Waals surface area contributed by atoms with Crippen LogP contribution < -0.4 is 0 Å². The van der Waals surface area contributed by atoms with Gasteiger partial charge in [-0.15, -0.1) is 5.10 Å². The first-order valence-corrected chi connectivity index (χ1v) is 6.77. The Morgan fingerprint density at radius 1 is 1.40 bits per heavy atom. The average molecular weight is 275 g/mol. The van der Waals surface area contributed by atoms with Crippen molar-refractivity contribution in [2.45, 2.75) is 32.4 Å². The minimum atomic E-state index is -0.385. The van der Waals surface area contributed by atoms with Crippen molar-refractivity contribution in [3.63, 3.8) is 0 Å². The molecule has 1 atom stereocenters. The van der Waals surface area contributed by atoms with Crippen LogP contribution in [0.4, 0.5) is 0 Å². The van der Waals surface area contributed by atoms with Gasteiger partial charge in [0, 0.05) is 6.61 Å². The van der Waals surface area contributed by atoms with Crippen LogP contribution in [0.5, 0.6) is 0 Å². The number of ether oxygens (including phenoxy) is 2. The van der Waals surface area contributed by atoms with Crippen LogP contribution in [0.3, 0.4) is 0 Å². The van der Waals surface area contributed by atoms with Gasteiger partial charge in [-0.2, -0.15) is 9.90 Å². The van der Waals surface area contributed by atoms with Gasteiger partial charge in [-0.3, -0.25) is 0 Å². The zero-order valence-electron chi connectivity index (χ0n) is 11.6. The Morgan fingerprint density at radius 2 is 2.25 bits per heavy atom. The Hall–Kier alpha value is -1.95.